The number of benzene rings is 3. The van der Waals surface area contributed by atoms with Gasteiger partial charge in [-0.15, -0.1) is 5.10 Å². The maximum absolute atomic E-state index is 14.4. The van der Waals surface area contributed by atoms with Gasteiger partial charge in [-0.05, 0) is 73.2 Å². The van der Waals surface area contributed by atoms with E-state index >= 15 is 0 Å². The quantitative estimate of drug-likeness (QED) is 0.142. The Morgan fingerprint density at radius 1 is 1.06 bits per heavy atom. The Labute approximate surface area is 310 Å². The number of rotatable bonds is 13. The van der Waals surface area contributed by atoms with Crippen molar-refractivity contribution < 1.29 is 27.4 Å². The number of sulfonamides is 1. The van der Waals surface area contributed by atoms with Gasteiger partial charge in [0.25, 0.3) is 0 Å². The molecule has 2 atom stereocenters. The van der Waals surface area contributed by atoms with Crippen LogP contribution in [0.1, 0.15) is 67.9 Å². The SMILES string of the molecule is CC[C@@H]1CN(Cc2cc(C(c3ccc4c(nnn4CC)c3C)C(C)(C)C(=O)Nc3cnc(OCCOC)nc3)ccc2C)S(=O)(=O)c2ccccc2O1. The minimum atomic E-state index is -3.88. The van der Waals surface area contributed by atoms with Gasteiger partial charge in [-0.25, -0.2) is 23.1 Å². The minimum absolute atomic E-state index is 0.133. The molecule has 0 bridgehead atoms. The standard InChI is InChI=1S/C39H47N7O6S/c1-8-30-24-45(53(48,49)34-13-11-10-12-33(34)52-30)23-28-20-27(15-14-25(28)3)35(31-16-17-32-36(26(31)4)43-44-46(32)9-2)39(5,6)37(47)42-29-21-40-38(41-22-29)51-19-18-50-7/h10-17,20-22,30,35H,8-9,18-19,23-24H2,1-7H3,(H,42,47)/t30-,35?/m1/s1. The van der Waals surface area contributed by atoms with Crippen LogP contribution in [0, 0.1) is 19.3 Å². The first-order chi connectivity index (χ1) is 25.4. The highest BCUT2D eigenvalue weighted by Gasteiger charge is 2.41. The molecule has 3 aromatic carbocycles. The third-order valence-corrected chi connectivity index (χ3v) is 11.8. The van der Waals surface area contributed by atoms with Crippen LogP contribution in [0.25, 0.3) is 11.0 Å². The number of carbonyl (C=O) groups excluding carboxylic acids is 1. The Bertz CT molecular complexity index is 2200. The van der Waals surface area contributed by atoms with Crippen LogP contribution in [0.15, 0.2) is 71.9 Å². The van der Waals surface area contributed by atoms with Crippen LogP contribution >= 0.6 is 0 Å². The molecule has 0 fully saturated rings. The molecule has 280 valence electrons. The van der Waals surface area contributed by atoms with E-state index in [1.807, 2.05) is 76.6 Å². The van der Waals surface area contributed by atoms with E-state index in [2.05, 4.69) is 25.6 Å². The third kappa shape index (κ3) is 7.62. The first-order valence-corrected chi connectivity index (χ1v) is 19.3. The number of hydrogen-bond acceptors (Lipinski definition) is 10. The molecule has 0 spiro atoms. The molecule has 1 unspecified atom stereocenters. The number of nitrogens with zero attached hydrogens (tertiary/aromatic N) is 6. The van der Waals surface area contributed by atoms with Crippen molar-refractivity contribution >= 4 is 32.7 Å². The van der Waals surface area contributed by atoms with E-state index in [9.17, 15) is 13.2 Å². The van der Waals surface area contributed by atoms with Crippen LogP contribution in [0.3, 0.4) is 0 Å². The zero-order valence-corrected chi connectivity index (χ0v) is 32.1. The molecule has 1 aliphatic heterocycles. The average molecular weight is 742 g/mol. The van der Waals surface area contributed by atoms with Gasteiger partial charge in [-0.3, -0.25) is 4.79 Å². The first kappa shape index (κ1) is 37.8. The molecule has 0 saturated carbocycles. The van der Waals surface area contributed by atoms with E-state index in [1.54, 1.807) is 31.4 Å². The van der Waals surface area contributed by atoms with Crippen molar-refractivity contribution in [2.24, 2.45) is 5.41 Å². The molecule has 1 amide bonds. The van der Waals surface area contributed by atoms with Crippen LogP contribution in [0.4, 0.5) is 5.69 Å². The summed E-state index contributed by atoms with van der Waals surface area (Å²) in [7, 11) is -2.30. The van der Waals surface area contributed by atoms with E-state index < -0.39 is 21.4 Å². The molecule has 1 aliphatic rings. The van der Waals surface area contributed by atoms with Crippen molar-refractivity contribution in [2.75, 3.05) is 32.2 Å². The number of methoxy groups -OCH3 is 1. The Morgan fingerprint density at radius 2 is 1.81 bits per heavy atom. The van der Waals surface area contributed by atoms with Gasteiger partial charge in [0.15, 0.2) is 0 Å². The molecule has 1 N–H and O–H groups in total. The summed E-state index contributed by atoms with van der Waals surface area (Å²) < 4.78 is 48.2. The highest BCUT2D eigenvalue weighted by molar-refractivity contribution is 7.89. The van der Waals surface area contributed by atoms with E-state index in [4.69, 9.17) is 14.2 Å². The Hall–Kier alpha value is -4.92. The number of hydrogen-bond donors (Lipinski definition) is 1. The van der Waals surface area contributed by atoms with Gasteiger partial charge in [0.1, 0.15) is 28.9 Å². The fourth-order valence-corrected chi connectivity index (χ4v) is 8.41. The van der Waals surface area contributed by atoms with Gasteiger partial charge in [-0.2, -0.15) is 4.31 Å². The number of aryl methyl sites for hydroxylation is 3. The molecular formula is C39H47N7O6S. The molecule has 2 aromatic heterocycles. The Morgan fingerprint density at radius 3 is 2.53 bits per heavy atom. The van der Waals surface area contributed by atoms with Crippen molar-refractivity contribution in [2.45, 2.75) is 78.0 Å². The maximum atomic E-state index is 14.4. The summed E-state index contributed by atoms with van der Waals surface area (Å²) in [4.78, 5) is 23.0. The largest absolute Gasteiger partial charge is 0.488 e. The van der Waals surface area contributed by atoms with E-state index in [-0.39, 0.29) is 36.0 Å². The monoisotopic (exact) mass is 741 g/mol. The number of nitrogens with one attached hydrogen (secondary N) is 1. The van der Waals surface area contributed by atoms with E-state index in [0.717, 1.165) is 38.9 Å². The van der Waals surface area contributed by atoms with Gasteiger partial charge >= 0.3 is 6.01 Å². The van der Waals surface area contributed by atoms with Crippen molar-refractivity contribution in [1.82, 2.24) is 29.3 Å². The number of anilines is 1. The molecule has 5 aromatic rings. The van der Waals surface area contributed by atoms with Gasteiger partial charge < -0.3 is 19.5 Å². The molecular weight excluding hydrogens is 695 g/mol. The highest BCUT2D eigenvalue weighted by Crippen LogP contribution is 2.45. The molecule has 53 heavy (non-hydrogen) atoms. The van der Waals surface area contributed by atoms with Gasteiger partial charge in [0.05, 0.1) is 42.2 Å². The van der Waals surface area contributed by atoms with Crippen molar-refractivity contribution in [1.29, 1.82) is 0 Å². The number of carbonyl (C=O) groups is 1. The molecule has 0 saturated heterocycles. The van der Waals surface area contributed by atoms with Gasteiger partial charge in [0, 0.05) is 26.1 Å². The zero-order valence-electron chi connectivity index (χ0n) is 31.3. The third-order valence-electron chi connectivity index (χ3n) is 9.98. The minimum Gasteiger partial charge on any atom is -0.488 e. The molecule has 0 radical (unpaired) electrons. The molecule has 6 rings (SSSR count). The van der Waals surface area contributed by atoms with Crippen LogP contribution in [-0.2, 0) is 32.6 Å². The van der Waals surface area contributed by atoms with Crippen LogP contribution in [0.2, 0.25) is 0 Å². The fourth-order valence-electron chi connectivity index (χ4n) is 6.84. The molecule has 14 heteroatoms. The predicted molar refractivity (Wildman–Crippen MR) is 202 cm³/mol. The molecule has 3 heterocycles. The lowest BCUT2D eigenvalue weighted by molar-refractivity contribution is -0.124. The smallest absolute Gasteiger partial charge is 0.316 e. The summed E-state index contributed by atoms with van der Waals surface area (Å²) in [6, 6.07) is 17.1. The van der Waals surface area contributed by atoms with E-state index in [0.29, 0.717) is 37.6 Å². The predicted octanol–water partition coefficient (Wildman–Crippen LogP) is 6.04. The molecule has 0 aliphatic carbocycles. The van der Waals surface area contributed by atoms with Gasteiger partial charge in [-0.1, -0.05) is 62.4 Å². The fraction of sp³-hybridized carbons (Fsp3) is 0.410. The second-order valence-electron chi connectivity index (χ2n) is 13.8. The second kappa shape index (κ2) is 15.6. The number of fused-ring (bicyclic) bond motifs is 2. The van der Waals surface area contributed by atoms with Crippen molar-refractivity contribution in [3.8, 4) is 11.8 Å². The first-order valence-electron chi connectivity index (χ1n) is 17.8. The lowest BCUT2D eigenvalue weighted by atomic mass is 9.69. The Balaban J connectivity index is 1.40. The number of ether oxygens (including phenoxy) is 3. The number of aromatic nitrogens is 5. The Kier molecular flexibility index (Phi) is 11.1. The summed E-state index contributed by atoms with van der Waals surface area (Å²) in [5.74, 6) is -0.374. The summed E-state index contributed by atoms with van der Waals surface area (Å²) in [5, 5.41) is 11.9. The normalized spacial score (nSPS) is 16.4. The average Bonchev–Trinajstić information content (AvgIpc) is 3.54. The number of para-hydroxylation sites is 1. The van der Waals surface area contributed by atoms with Gasteiger partial charge in [0.2, 0.25) is 15.9 Å². The summed E-state index contributed by atoms with van der Waals surface area (Å²) >= 11 is 0. The highest BCUT2D eigenvalue weighted by atomic mass is 32.2. The summed E-state index contributed by atoms with van der Waals surface area (Å²) in [6.07, 6.45) is 3.35. The zero-order chi connectivity index (χ0) is 37.9. The van der Waals surface area contributed by atoms with Crippen LogP contribution < -0.4 is 14.8 Å². The molecule has 13 nitrogen and oxygen atoms in total. The van der Waals surface area contributed by atoms with E-state index in [1.165, 1.54) is 16.7 Å². The van der Waals surface area contributed by atoms with Crippen molar-refractivity contribution in [3.63, 3.8) is 0 Å². The van der Waals surface area contributed by atoms with Crippen molar-refractivity contribution in [3.05, 3.63) is 94.8 Å². The van der Waals surface area contributed by atoms with Crippen LogP contribution in [-0.4, -0.2) is 76.6 Å². The maximum Gasteiger partial charge on any atom is 0.316 e. The summed E-state index contributed by atoms with van der Waals surface area (Å²) in [6.45, 7) is 13.5. The lowest BCUT2D eigenvalue weighted by Crippen LogP contribution is -2.38. The summed E-state index contributed by atoms with van der Waals surface area (Å²) in [5.41, 5.74) is 5.46. The van der Waals surface area contributed by atoms with Crippen LogP contribution in [0.5, 0.6) is 11.8 Å². The second-order valence-corrected chi connectivity index (χ2v) is 15.7. The number of amides is 1. The lowest BCUT2D eigenvalue weighted by Gasteiger charge is -2.35. The topological polar surface area (TPSA) is 151 Å².